The molecular formula is C12H27N3. The number of piperidine rings is 1. The minimum atomic E-state index is 0.662. The zero-order chi connectivity index (χ0) is 11.3. The van der Waals surface area contributed by atoms with Crippen molar-refractivity contribution in [2.45, 2.75) is 32.7 Å². The Bertz CT molecular complexity index is 168. The molecule has 0 radical (unpaired) electrons. The SMILES string of the molecule is CC(C)N(C)C[C@H]1CCCN(CCN)C1. The molecule has 0 spiro atoms. The van der Waals surface area contributed by atoms with Crippen LogP contribution in [0, 0.1) is 5.92 Å². The molecule has 1 fully saturated rings. The Morgan fingerprint density at radius 1 is 1.47 bits per heavy atom. The van der Waals surface area contributed by atoms with Crippen molar-refractivity contribution < 1.29 is 0 Å². The highest BCUT2D eigenvalue weighted by molar-refractivity contribution is 4.76. The molecule has 3 nitrogen and oxygen atoms in total. The van der Waals surface area contributed by atoms with E-state index in [0.29, 0.717) is 6.04 Å². The molecular weight excluding hydrogens is 186 g/mol. The Hall–Kier alpha value is -0.120. The summed E-state index contributed by atoms with van der Waals surface area (Å²) in [4.78, 5) is 4.97. The molecule has 90 valence electrons. The van der Waals surface area contributed by atoms with Crippen LogP contribution in [-0.4, -0.2) is 55.6 Å². The highest BCUT2D eigenvalue weighted by Gasteiger charge is 2.20. The van der Waals surface area contributed by atoms with Gasteiger partial charge >= 0.3 is 0 Å². The van der Waals surface area contributed by atoms with E-state index in [1.807, 2.05) is 0 Å². The molecule has 1 atom stereocenters. The van der Waals surface area contributed by atoms with Gasteiger partial charge in [-0.05, 0) is 46.2 Å². The first kappa shape index (κ1) is 12.9. The highest BCUT2D eigenvalue weighted by Crippen LogP contribution is 2.17. The van der Waals surface area contributed by atoms with E-state index >= 15 is 0 Å². The zero-order valence-corrected chi connectivity index (χ0v) is 10.6. The molecule has 15 heavy (non-hydrogen) atoms. The predicted octanol–water partition coefficient (Wildman–Crippen LogP) is 0.997. The van der Waals surface area contributed by atoms with Crippen molar-refractivity contribution in [3.05, 3.63) is 0 Å². The Kier molecular flexibility index (Phi) is 5.58. The van der Waals surface area contributed by atoms with Crippen LogP contribution in [0.25, 0.3) is 0 Å². The van der Waals surface area contributed by atoms with E-state index in [0.717, 1.165) is 19.0 Å². The first-order valence-electron chi connectivity index (χ1n) is 6.26. The van der Waals surface area contributed by atoms with Crippen LogP contribution in [0.15, 0.2) is 0 Å². The van der Waals surface area contributed by atoms with Crippen molar-refractivity contribution in [2.24, 2.45) is 11.7 Å². The molecule has 1 heterocycles. The average Bonchev–Trinajstić information content (AvgIpc) is 2.18. The molecule has 1 aliphatic heterocycles. The molecule has 0 saturated carbocycles. The predicted molar refractivity (Wildman–Crippen MR) is 66.0 cm³/mol. The summed E-state index contributed by atoms with van der Waals surface area (Å²) < 4.78 is 0. The Labute approximate surface area is 94.6 Å². The van der Waals surface area contributed by atoms with Crippen molar-refractivity contribution in [3.8, 4) is 0 Å². The Balaban J connectivity index is 2.29. The molecule has 0 aromatic carbocycles. The molecule has 0 amide bonds. The van der Waals surface area contributed by atoms with E-state index in [1.165, 1.54) is 32.5 Å². The third-order valence-corrected chi connectivity index (χ3v) is 3.48. The molecule has 1 saturated heterocycles. The van der Waals surface area contributed by atoms with Crippen LogP contribution in [-0.2, 0) is 0 Å². The molecule has 0 aromatic heterocycles. The van der Waals surface area contributed by atoms with E-state index in [2.05, 4.69) is 30.7 Å². The van der Waals surface area contributed by atoms with Gasteiger partial charge < -0.3 is 15.5 Å². The first-order valence-corrected chi connectivity index (χ1v) is 6.26. The van der Waals surface area contributed by atoms with Crippen LogP contribution in [0.4, 0.5) is 0 Å². The molecule has 0 unspecified atom stereocenters. The minimum Gasteiger partial charge on any atom is -0.329 e. The zero-order valence-electron chi connectivity index (χ0n) is 10.6. The summed E-state index contributed by atoms with van der Waals surface area (Å²) in [5, 5.41) is 0. The number of rotatable bonds is 5. The van der Waals surface area contributed by atoms with E-state index in [-0.39, 0.29) is 0 Å². The van der Waals surface area contributed by atoms with Gasteiger partial charge in [0, 0.05) is 32.2 Å². The topological polar surface area (TPSA) is 32.5 Å². The van der Waals surface area contributed by atoms with E-state index in [1.54, 1.807) is 0 Å². The molecule has 0 bridgehead atoms. The fourth-order valence-electron chi connectivity index (χ4n) is 2.30. The third kappa shape index (κ3) is 4.49. The summed E-state index contributed by atoms with van der Waals surface area (Å²) in [6.07, 6.45) is 2.73. The van der Waals surface area contributed by atoms with Crippen molar-refractivity contribution in [2.75, 3.05) is 39.8 Å². The Morgan fingerprint density at radius 2 is 2.20 bits per heavy atom. The van der Waals surface area contributed by atoms with Gasteiger partial charge in [0.25, 0.3) is 0 Å². The maximum atomic E-state index is 5.60. The van der Waals surface area contributed by atoms with Crippen LogP contribution in [0.1, 0.15) is 26.7 Å². The van der Waals surface area contributed by atoms with Gasteiger partial charge in [-0.25, -0.2) is 0 Å². The number of likely N-dealkylation sites (tertiary alicyclic amines) is 1. The average molecular weight is 213 g/mol. The Morgan fingerprint density at radius 3 is 2.80 bits per heavy atom. The molecule has 1 rings (SSSR count). The second kappa shape index (κ2) is 6.46. The maximum Gasteiger partial charge on any atom is 0.0105 e. The second-order valence-electron chi connectivity index (χ2n) is 5.13. The van der Waals surface area contributed by atoms with Gasteiger partial charge in [0.15, 0.2) is 0 Å². The molecule has 2 N–H and O–H groups in total. The van der Waals surface area contributed by atoms with Gasteiger partial charge in [0.05, 0.1) is 0 Å². The quantitative estimate of drug-likeness (QED) is 0.739. The van der Waals surface area contributed by atoms with Crippen molar-refractivity contribution in [1.29, 1.82) is 0 Å². The summed E-state index contributed by atoms with van der Waals surface area (Å²) in [5.74, 6) is 0.845. The van der Waals surface area contributed by atoms with E-state index in [9.17, 15) is 0 Å². The lowest BCUT2D eigenvalue weighted by atomic mass is 9.97. The summed E-state index contributed by atoms with van der Waals surface area (Å²) >= 11 is 0. The normalized spacial score (nSPS) is 24.0. The number of hydrogen-bond acceptors (Lipinski definition) is 3. The van der Waals surface area contributed by atoms with Gasteiger partial charge in [-0.15, -0.1) is 0 Å². The smallest absolute Gasteiger partial charge is 0.0105 e. The standard InChI is InChI=1S/C12H27N3/c1-11(2)14(3)9-12-5-4-7-15(10-12)8-6-13/h11-12H,4-10,13H2,1-3H3/t12-/m1/s1. The van der Waals surface area contributed by atoms with Crippen molar-refractivity contribution in [1.82, 2.24) is 9.80 Å². The van der Waals surface area contributed by atoms with Gasteiger partial charge in [0.1, 0.15) is 0 Å². The van der Waals surface area contributed by atoms with Crippen LogP contribution in [0.3, 0.4) is 0 Å². The van der Waals surface area contributed by atoms with Gasteiger partial charge in [-0.2, -0.15) is 0 Å². The summed E-state index contributed by atoms with van der Waals surface area (Å²) in [5.41, 5.74) is 5.60. The molecule has 3 heteroatoms. The first-order chi connectivity index (χ1) is 7.13. The van der Waals surface area contributed by atoms with Crippen LogP contribution in [0.2, 0.25) is 0 Å². The lowest BCUT2D eigenvalue weighted by molar-refractivity contribution is 0.134. The van der Waals surface area contributed by atoms with Gasteiger partial charge in [-0.1, -0.05) is 0 Å². The number of nitrogens with two attached hydrogens (primary N) is 1. The second-order valence-corrected chi connectivity index (χ2v) is 5.13. The fraction of sp³-hybridized carbons (Fsp3) is 1.00. The van der Waals surface area contributed by atoms with Crippen molar-refractivity contribution in [3.63, 3.8) is 0 Å². The van der Waals surface area contributed by atoms with Crippen molar-refractivity contribution >= 4 is 0 Å². The number of nitrogens with zero attached hydrogens (tertiary/aromatic N) is 2. The van der Waals surface area contributed by atoms with Crippen LogP contribution in [0.5, 0.6) is 0 Å². The van der Waals surface area contributed by atoms with Gasteiger partial charge in [0.2, 0.25) is 0 Å². The third-order valence-electron chi connectivity index (χ3n) is 3.48. The minimum absolute atomic E-state index is 0.662. The summed E-state index contributed by atoms with van der Waals surface area (Å²) in [7, 11) is 2.23. The molecule has 0 aromatic rings. The lowest BCUT2D eigenvalue weighted by Crippen LogP contribution is -2.43. The molecule has 0 aliphatic carbocycles. The monoisotopic (exact) mass is 213 g/mol. The van der Waals surface area contributed by atoms with Gasteiger partial charge in [-0.3, -0.25) is 0 Å². The largest absolute Gasteiger partial charge is 0.329 e. The van der Waals surface area contributed by atoms with Crippen LogP contribution >= 0.6 is 0 Å². The summed E-state index contributed by atoms with van der Waals surface area (Å²) in [6, 6.07) is 0.662. The van der Waals surface area contributed by atoms with Crippen LogP contribution < -0.4 is 5.73 Å². The number of hydrogen-bond donors (Lipinski definition) is 1. The maximum absolute atomic E-state index is 5.60. The molecule has 1 aliphatic rings. The summed E-state index contributed by atoms with van der Waals surface area (Å²) in [6.45, 7) is 10.1. The van der Waals surface area contributed by atoms with E-state index in [4.69, 9.17) is 5.73 Å². The fourth-order valence-corrected chi connectivity index (χ4v) is 2.30. The lowest BCUT2D eigenvalue weighted by Gasteiger charge is -2.35. The highest BCUT2D eigenvalue weighted by atomic mass is 15.2. The van der Waals surface area contributed by atoms with E-state index < -0.39 is 0 Å².